The molecule has 3 rings (SSSR count). The summed E-state index contributed by atoms with van der Waals surface area (Å²) in [6.07, 6.45) is -4.73. The molecule has 0 unspecified atom stereocenters. The number of piperazine rings is 1. The van der Waals surface area contributed by atoms with Gasteiger partial charge in [-0.25, -0.2) is 8.42 Å². The highest BCUT2D eigenvalue weighted by atomic mass is 35.5. The number of benzene rings is 1. The van der Waals surface area contributed by atoms with E-state index < -0.39 is 31.7 Å². The second-order valence-corrected chi connectivity index (χ2v) is 8.59. The predicted octanol–water partition coefficient (Wildman–Crippen LogP) is 3.16. The second kappa shape index (κ2) is 7.42. The largest absolute Gasteiger partial charge is 0.417 e. The molecule has 1 fully saturated rings. The number of aromatic nitrogens is 1. The SMILES string of the molecule is Cc1cc(CN2CCN(S(=O)(=O)c3ccc(Cl)c(C(F)(F)F)c3)CC2)no1. The van der Waals surface area contributed by atoms with E-state index in [1.54, 1.807) is 13.0 Å². The van der Waals surface area contributed by atoms with Gasteiger partial charge in [0.25, 0.3) is 0 Å². The summed E-state index contributed by atoms with van der Waals surface area (Å²) in [4.78, 5) is 1.59. The predicted molar refractivity (Wildman–Crippen MR) is 91.7 cm³/mol. The van der Waals surface area contributed by atoms with Crippen molar-refractivity contribution in [3.8, 4) is 0 Å². The molecule has 148 valence electrons. The fourth-order valence-electron chi connectivity index (χ4n) is 2.88. The van der Waals surface area contributed by atoms with Crippen molar-refractivity contribution in [3.05, 3.63) is 46.3 Å². The van der Waals surface area contributed by atoms with E-state index in [1.165, 1.54) is 4.31 Å². The number of nitrogens with zero attached hydrogens (tertiary/aromatic N) is 3. The smallest absolute Gasteiger partial charge is 0.361 e. The first-order valence-corrected chi connectivity index (χ1v) is 9.90. The van der Waals surface area contributed by atoms with E-state index in [0.717, 1.165) is 17.8 Å². The van der Waals surface area contributed by atoms with Crippen molar-refractivity contribution >= 4 is 21.6 Å². The van der Waals surface area contributed by atoms with E-state index in [-0.39, 0.29) is 13.1 Å². The Labute approximate surface area is 159 Å². The normalized spacial score (nSPS) is 17.4. The molecule has 1 aromatic heterocycles. The monoisotopic (exact) mass is 423 g/mol. The molecule has 0 aliphatic carbocycles. The van der Waals surface area contributed by atoms with Crippen LogP contribution in [0.3, 0.4) is 0 Å². The Kier molecular flexibility index (Phi) is 5.53. The van der Waals surface area contributed by atoms with Crippen LogP contribution in [0.2, 0.25) is 5.02 Å². The van der Waals surface area contributed by atoms with E-state index in [9.17, 15) is 21.6 Å². The molecule has 2 aromatic rings. The van der Waals surface area contributed by atoms with Crippen LogP contribution >= 0.6 is 11.6 Å². The molecule has 0 radical (unpaired) electrons. The van der Waals surface area contributed by atoms with Gasteiger partial charge in [-0.05, 0) is 25.1 Å². The Bertz CT molecular complexity index is 922. The van der Waals surface area contributed by atoms with Gasteiger partial charge in [0.15, 0.2) is 0 Å². The molecule has 0 amide bonds. The second-order valence-electron chi connectivity index (χ2n) is 6.25. The van der Waals surface area contributed by atoms with Crippen molar-refractivity contribution in [2.45, 2.75) is 24.5 Å². The first kappa shape index (κ1) is 20.1. The summed E-state index contributed by atoms with van der Waals surface area (Å²) in [6.45, 7) is 3.51. The molecule has 0 spiro atoms. The van der Waals surface area contributed by atoms with Crippen LogP contribution in [0.1, 0.15) is 17.0 Å². The van der Waals surface area contributed by atoms with Gasteiger partial charge in [0.2, 0.25) is 10.0 Å². The zero-order valence-electron chi connectivity index (χ0n) is 14.3. The average Bonchev–Trinajstić information content (AvgIpc) is 2.99. The van der Waals surface area contributed by atoms with E-state index in [2.05, 4.69) is 5.16 Å². The van der Waals surface area contributed by atoms with Gasteiger partial charge >= 0.3 is 6.18 Å². The topological polar surface area (TPSA) is 66.7 Å². The molecule has 2 heterocycles. The molecule has 0 saturated carbocycles. The molecule has 1 aliphatic rings. The molecule has 0 bridgehead atoms. The third-order valence-corrected chi connectivity index (χ3v) is 6.50. The Morgan fingerprint density at radius 3 is 2.41 bits per heavy atom. The van der Waals surface area contributed by atoms with Gasteiger partial charge in [-0.2, -0.15) is 17.5 Å². The molecule has 1 aromatic carbocycles. The van der Waals surface area contributed by atoms with Crippen LogP contribution in [0.15, 0.2) is 33.7 Å². The van der Waals surface area contributed by atoms with Crippen molar-refractivity contribution in [1.29, 1.82) is 0 Å². The number of aryl methyl sites for hydroxylation is 1. The lowest BCUT2D eigenvalue weighted by molar-refractivity contribution is -0.137. The first-order valence-electron chi connectivity index (χ1n) is 8.09. The Hall–Kier alpha value is -1.62. The van der Waals surface area contributed by atoms with Gasteiger partial charge in [-0.15, -0.1) is 0 Å². The molecular weight excluding hydrogens is 407 g/mol. The molecule has 11 heteroatoms. The van der Waals surface area contributed by atoms with E-state index in [1.807, 2.05) is 4.90 Å². The standard InChI is InChI=1S/C16H17ClF3N3O3S/c1-11-8-12(21-26-11)10-22-4-6-23(7-5-22)27(24,25)13-2-3-15(17)14(9-13)16(18,19)20/h2-3,8-9H,4-7,10H2,1H3. The van der Waals surface area contributed by atoms with Crippen LogP contribution in [0, 0.1) is 6.92 Å². The van der Waals surface area contributed by atoms with Crippen LogP contribution in [-0.4, -0.2) is 49.0 Å². The van der Waals surface area contributed by atoms with E-state index in [4.69, 9.17) is 16.1 Å². The lowest BCUT2D eigenvalue weighted by atomic mass is 10.2. The highest BCUT2D eigenvalue weighted by Crippen LogP contribution is 2.36. The molecule has 0 N–H and O–H groups in total. The van der Waals surface area contributed by atoms with Crippen LogP contribution in [0.25, 0.3) is 0 Å². The van der Waals surface area contributed by atoms with Crippen LogP contribution in [0.5, 0.6) is 0 Å². The third kappa shape index (κ3) is 4.45. The summed E-state index contributed by atoms with van der Waals surface area (Å²) < 4.78 is 70.6. The van der Waals surface area contributed by atoms with E-state index in [0.29, 0.717) is 31.5 Å². The zero-order chi connectivity index (χ0) is 19.8. The highest BCUT2D eigenvalue weighted by molar-refractivity contribution is 7.89. The van der Waals surface area contributed by atoms with Crippen LogP contribution < -0.4 is 0 Å². The van der Waals surface area contributed by atoms with E-state index >= 15 is 0 Å². The van der Waals surface area contributed by atoms with Crippen LogP contribution in [-0.2, 0) is 22.7 Å². The number of hydrogen-bond acceptors (Lipinski definition) is 5. The Morgan fingerprint density at radius 1 is 1.19 bits per heavy atom. The summed E-state index contributed by atoms with van der Waals surface area (Å²) in [7, 11) is -4.04. The van der Waals surface area contributed by atoms with Gasteiger partial charge in [-0.1, -0.05) is 16.8 Å². The van der Waals surface area contributed by atoms with Crippen molar-refractivity contribution in [3.63, 3.8) is 0 Å². The Morgan fingerprint density at radius 2 is 1.85 bits per heavy atom. The quantitative estimate of drug-likeness (QED) is 0.755. The van der Waals surface area contributed by atoms with Crippen LogP contribution in [0.4, 0.5) is 13.2 Å². The fraction of sp³-hybridized carbons (Fsp3) is 0.438. The van der Waals surface area contributed by atoms with Gasteiger partial charge in [-0.3, -0.25) is 4.90 Å². The van der Waals surface area contributed by atoms with Crippen molar-refractivity contribution in [1.82, 2.24) is 14.4 Å². The molecular formula is C16H17ClF3N3O3S. The van der Waals surface area contributed by atoms with Gasteiger partial charge in [0.05, 0.1) is 21.2 Å². The molecule has 6 nitrogen and oxygen atoms in total. The minimum Gasteiger partial charge on any atom is -0.361 e. The number of alkyl halides is 3. The van der Waals surface area contributed by atoms with Gasteiger partial charge < -0.3 is 4.52 Å². The summed E-state index contributed by atoms with van der Waals surface area (Å²) in [6, 6.07) is 4.44. The molecule has 0 atom stereocenters. The van der Waals surface area contributed by atoms with Crippen molar-refractivity contribution < 1.29 is 26.1 Å². The summed E-state index contributed by atoms with van der Waals surface area (Å²) in [5, 5.41) is 3.37. The molecule has 27 heavy (non-hydrogen) atoms. The summed E-state index contributed by atoms with van der Waals surface area (Å²) in [5.74, 6) is 0.689. The number of halogens is 4. The maximum atomic E-state index is 13.0. The Balaban J connectivity index is 1.72. The fourth-order valence-corrected chi connectivity index (χ4v) is 4.55. The lowest BCUT2D eigenvalue weighted by Crippen LogP contribution is -2.48. The summed E-state index contributed by atoms with van der Waals surface area (Å²) in [5.41, 5.74) is -0.415. The minimum absolute atomic E-state index is 0.170. The number of sulfonamides is 1. The summed E-state index contributed by atoms with van der Waals surface area (Å²) >= 11 is 5.57. The number of hydrogen-bond donors (Lipinski definition) is 0. The maximum Gasteiger partial charge on any atom is 0.417 e. The maximum absolute atomic E-state index is 13.0. The highest BCUT2D eigenvalue weighted by Gasteiger charge is 2.36. The molecule has 1 saturated heterocycles. The van der Waals surface area contributed by atoms with Gasteiger partial charge in [0.1, 0.15) is 5.76 Å². The minimum atomic E-state index is -4.73. The third-order valence-electron chi connectivity index (χ3n) is 4.27. The number of rotatable bonds is 4. The van der Waals surface area contributed by atoms with Crippen molar-refractivity contribution in [2.24, 2.45) is 0 Å². The molecule has 1 aliphatic heterocycles. The average molecular weight is 424 g/mol. The lowest BCUT2D eigenvalue weighted by Gasteiger charge is -2.33. The van der Waals surface area contributed by atoms with Gasteiger partial charge in [0, 0.05) is 38.8 Å². The zero-order valence-corrected chi connectivity index (χ0v) is 15.9. The van der Waals surface area contributed by atoms with Crippen molar-refractivity contribution in [2.75, 3.05) is 26.2 Å². The first-order chi connectivity index (χ1) is 12.6.